The van der Waals surface area contributed by atoms with E-state index in [9.17, 15) is 32.3 Å². The highest BCUT2D eigenvalue weighted by molar-refractivity contribution is 6.01. The van der Waals surface area contributed by atoms with E-state index >= 15 is 0 Å². The molecule has 4 aromatic rings. The number of piperazine rings is 1. The summed E-state index contributed by atoms with van der Waals surface area (Å²) in [5.74, 6) is -2.48. The molecule has 57 heavy (non-hydrogen) atoms. The molecule has 4 heterocycles. The third-order valence-corrected chi connectivity index (χ3v) is 10.8. The second-order valence-corrected chi connectivity index (χ2v) is 14.9. The molecule has 2 aromatic heterocycles. The largest absolute Gasteiger partial charge is 0.484 e. The molecule has 302 valence electrons. The summed E-state index contributed by atoms with van der Waals surface area (Å²) in [5, 5.41) is 9.05. The number of carbonyl (C=O) groups excluding carboxylic acids is 4. The summed E-state index contributed by atoms with van der Waals surface area (Å²) in [6, 6.07) is 13.3. The minimum atomic E-state index is -4.71. The Kier molecular flexibility index (Phi) is 11.6. The first-order chi connectivity index (χ1) is 27.3. The molecule has 7 rings (SSSR count). The van der Waals surface area contributed by atoms with Crippen molar-refractivity contribution in [1.29, 1.82) is 0 Å². The fraction of sp³-hybridized carbons (Fsp3) is 0.450. The summed E-state index contributed by atoms with van der Waals surface area (Å²) in [7, 11) is 3.52. The van der Waals surface area contributed by atoms with Crippen molar-refractivity contribution in [3.8, 4) is 5.75 Å². The first-order valence-corrected chi connectivity index (χ1v) is 19.2. The van der Waals surface area contributed by atoms with Crippen molar-refractivity contribution in [2.45, 2.75) is 56.7 Å². The van der Waals surface area contributed by atoms with E-state index in [0.29, 0.717) is 24.7 Å². The smallest absolute Gasteiger partial charge is 0.416 e. The highest BCUT2D eigenvalue weighted by atomic mass is 19.4. The van der Waals surface area contributed by atoms with Gasteiger partial charge >= 0.3 is 6.18 Å². The molecule has 3 aliphatic rings. The van der Waals surface area contributed by atoms with Crippen LogP contribution in [0.5, 0.6) is 5.75 Å². The van der Waals surface area contributed by atoms with Crippen LogP contribution in [0.3, 0.4) is 0 Å². The predicted octanol–water partition coefficient (Wildman–Crippen LogP) is 4.85. The molecule has 14 nitrogen and oxygen atoms in total. The summed E-state index contributed by atoms with van der Waals surface area (Å²) < 4.78 is 48.8. The maximum absolute atomic E-state index is 13.7. The molecule has 1 saturated carbocycles. The molecule has 4 amide bonds. The van der Waals surface area contributed by atoms with Crippen molar-refractivity contribution in [1.82, 2.24) is 35.0 Å². The van der Waals surface area contributed by atoms with Crippen LogP contribution in [0.1, 0.15) is 72.1 Å². The van der Waals surface area contributed by atoms with E-state index in [4.69, 9.17) is 9.72 Å². The number of hydrogen-bond donors (Lipinski definition) is 3. The Morgan fingerprint density at radius 2 is 1.72 bits per heavy atom. The number of benzene rings is 2. The molecular formula is C40H46F3N9O5. The van der Waals surface area contributed by atoms with E-state index in [2.05, 4.69) is 47.4 Å². The van der Waals surface area contributed by atoms with Gasteiger partial charge in [-0.3, -0.25) is 29.4 Å². The summed E-state index contributed by atoms with van der Waals surface area (Å²) in [4.78, 5) is 65.0. The van der Waals surface area contributed by atoms with Crippen LogP contribution in [0.15, 0.2) is 54.7 Å². The average molecular weight is 790 g/mol. The minimum Gasteiger partial charge on any atom is -0.484 e. The van der Waals surface area contributed by atoms with Crippen LogP contribution >= 0.6 is 0 Å². The zero-order chi connectivity index (χ0) is 40.3. The van der Waals surface area contributed by atoms with Gasteiger partial charge < -0.3 is 29.7 Å². The third-order valence-electron chi connectivity index (χ3n) is 10.8. The SMILES string of the molecule is CN(C)C(=O)c1cc2cnc(Nc3ccc(N4CCN(CCNC(=O)COc5ccc(C(F)(F)F)c(C6CCC(=O)NC6=O)c5)CC4)cc3)nc2n1C1CCCC1. The second-order valence-electron chi connectivity index (χ2n) is 14.9. The number of ether oxygens (including phenoxy) is 1. The normalized spacial score (nSPS) is 18.1. The minimum absolute atomic E-state index is 0.0192. The first-order valence-electron chi connectivity index (χ1n) is 19.2. The quantitative estimate of drug-likeness (QED) is 0.170. The predicted molar refractivity (Wildman–Crippen MR) is 207 cm³/mol. The van der Waals surface area contributed by atoms with Gasteiger partial charge in [0, 0.05) is 88.8 Å². The number of anilines is 3. The van der Waals surface area contributed by atoms with E-state index in [0.717, 1.165) is 92.5 Å². The number of imide groups is 1. The Morgan fingerprint density at radius 3 is 2.40 bits per heavy atom. The first kappa shape index (κ1) is 39.5. The maximum atomic E-state index is 13.7. The number of nitrogens with one attached hydrogen (secondary N) is 3. The van der Waals surface area contributed by atoms with Crippen LogP contribution in [0.4, 0.5) is 30.5 Å². The Balaban J connectivity index is 0.871. The molecule has 2 aliphatic heterocycles. The summed E-state index contributed by atoms with van der Waals surface area (Å²) >= 11 is 0. The monoisotopic (exact) mass is 789 g/mol. The molecule has 3 fully saturated rings. The number of hydrogen-bond acceptors (Lipinski definition) is 10. The standard InChI is InChI=1S/C40H46F3N9O5/c1-49(2)38(56)33-21-25-23-45-39(48-36(25)52(33)28-5-3-4-6-28)46-26-7-9-27(10-8-26)51-19-17-50(18-20-51)16-15-44-35(54)24-57-29-11-13-32(40(41,42)43)31(22-29)30-12-14-34(53)47-37(30)55/h7-11,13,21-23,28,30H,3-6,12,14-20,24H2,1-2H3,(H,44,54)(H,45,46,48)(H,47,53,55). The molecule has 1 atom stereocenters. The van der Waals surface area contributed by atoms with Gasteiger partial charge in [-0.2, -0.15) is 18.2 Å². The van der Waals surface area contributed by atoms with Gasteiger partial charge in [-0.25, -0.2) is 4.98 Å². The fourth-order valence-corrected chi connectivity index (χ4v) is 7.83. The number of alkyl halides is 3. The van der Waals surface area contributed by atoms with E-state index in [1.807, 2.05) is 18.2 Å². The second kappa shape index (κ2) is 16.8. The van der Waals surface area contributed by atoms with Gasteiger partial charge in [-0.1, -0.05) is 12.8 Å². The molecular weight excluding hydrogens is 743 g/mol. The lowest BCUT2D eigenvalue weighted by molar-refractivity contribution is -0.139. The number of carbonyl (C=O) groups is 4. The number of fused-ring (bicyclic) bond motifs is 1. The van der Waals surface area contributed by atoms with Crippen LogP contribution < -0.4 is 25.6 Å². The molecule has 0 radical (unpaired) electrons. The summed E-state index contributed by atoms with van der Waals surface area (Å²) in [5.41, 5.74) is 2.04. The average Bonchev–Trinajstić information content (AvgIpc) is 3.85. The third kappa shape index (κ3) is 9.14. The van der Waals surface area contributed by atoms with Crippen LogP contribution in [-0.2, 0) is 20.6 Å². The lowest BCUT2D eigenvalue weighted by Crippen LogP contribution is -2.48. The summed E-state index contributed by atoms with van der Waals surface area (Å²) in [6.45, 7) is 3.72. The highest BCUT2D eigenvalue weighted by Gasteiger charge is 2.39. The Bertz CT molecular complexity index is 2130. The Labute approximate surface area is 327 Å². The molecule has 2 saturated heterocycles. The lowest BCUT2D eigenvalue weighted by Gasteiger charge is -2.36. The van der Waals surface area contributed by atoms with Crippen molar-refractivity contribution in [3.63, 3.8) is 0 Å². The van der Waals surface area contributed by atoms with Crippen LogP contribution in [-0.4, -0.2) is 108 Å². The topological polar surface area (TPSA) is 154 Å². The van der Waals surface area contributed by atoms with Gasteiger partial charge in [0.15, 0.2) is 6.61 Å². The molecule has 2 aromatic carbocycles. The zero-order valence-electron chi connectivity index (χ0n) is 31.9. The number of amides is 4. The van der Waals surface area contributed by atoms with Gasteiger partial charge in [0.25, 0.3) is 11.8 Å². The highest BCUT2D eigenvalue weighted by Crippen LogP contribution is 2.40. The molecule has 1 aliphatic carbocycles. The van der Waals surface area contributed by atoms with Crippen LogP contribution in [0, 0.1) is 0 Å². The van der Waals surface area contributed by atoms with Gasteiger partial charge in [-0.15, -0.1) is 0 Å². The number of rotatable bonds is 12. The fourth-order valence-electron chi connectivity index (χ4n) is 7.83. The van der Waals surface area contributed by atoms with Crippen molar-refractivity contribution >= 4 is 52.0 Å². The van der Waals surface area contributed by atoms with Gasteiger partial charge in [0.1, 0.15) is 17.1 Å². The molecule has 0 bridgehead atoms. The van der Waals surface area contributed by atoms with E-state index in [1.54, 1.807) is 25.2 Å². The maximum Gasteiger partial charge on any atom is 0.416 e. The van der Waals surface area contributed by atoms with Crippen LogP contribution in [0.2, 0.25) is 0 Å². The molecule has 3 N–H and O–H groups in total. The molecule has 0 spiro atoms. The van der Waals surface area contributed by atoms with Crippen molar-refractivity contribution in [2.24, 2.45) is 0 Å². The van der Waals surface area contributed by atoms with Gasteiger partial charge in [-0.05, 0) is 73.4 Å². The Morgan fingerprint density at radius 1 is 0.982 bits per heavy atom. The molecule has 1 unspecified atom stereocenters. The van der Waals surface area contributed by atoms with Crippen molar-refractivity contribution in [2.75, 3.05) is 70.2 Å². The zero-order valence-corrected chi connectivity index (χ0v) is 31.9. The van der Waals surface area contributed by atoms with Crippen molar-refractivity contribution < 1.29 is 37.1 Å². The van der Waals surface area contributed by atoms with E-state index < -0.39 is 42.0 Å². The number of aromatic nitrogens is 3. The Hall–Kier alpha value is -5.71. The van der Waals surface area contributed by atoms with Crippen molar-refractivity contribution in [3.05, 3.63) is 71.5 Å². The van der Waals surface area contributed by atoms with Crippen LogP contribution in [0.25, 0.3) is 11.0 Å². The van der Waals surface area contributed by atoms with Gasteiger partial charge in [0.05, 0.1) is 11.5 Å². The number of halogens is 3. The number of nitrogens with zero attached hydrogens (tertiary/aromatic N) is 6. The molecule has 17 heteroatoms. The van der Waals surface area contributed by atoms with E-state index in [-0.39, 0.29) is 36.1 Å². The van der Waals surface area contributed by atoms with E-state index in [1.165, 1.54) is 0 Å². The number of piperidine rings is 1. The lowest BCUT2D eigenvalue weighted by atomic mass is 9.87. The van der Waals surface area contributed by atoms with Gasteiger partial charge in [0.2, 0.25) is 17.8 Å². The summed E-state index contributed by atoms with van der Waals surface area (Å²) in [6.07, 6.45) is 1.22.